The van der Waals surface area contributed by atoms with Crippen LogP contribution in [-0.2, 0) is 29.1 Å². The van der Waals surface area contributed by atoms with E-state index >= 15 is 0 Å². The molecule has 39 heavy (non-hydrogen) atoms. The average molecular weight is 534 g/mol. The van der Waals surface area contributed by atoms with E-state index in [1.807, 2.05) is 30.3 Å². The van der Waals surface area contributed by atoms with Crippen LogP contribution in [0, 0.1) is 11.8 Å². The van der Waals surface area contributed by atoms with Gasteiger partial charge in [-0.2, -0.15) is 0 Å². The number of nitrogens with zero attached hydrogens (tertiary/aromatic N) is 1. The highest BCUT2D eigenvalue weighted by molar-refractivity contribution is 6.24. The summed E-state index contributed by atoms with van der Waals surface area (Å²) in [6.07, 6.45) is 0.309. The molecule has 204 valence electrons. The number of likely N-dealkylation sites (N-methyl/N-ethyl adjacent to an activating group) is 1. The van der Waals surface area contributed by atoms with Crippen molar-refractivity contribution in [3.8, 4) is 5.75 Å². The third-order valence-corrected chi connectivity index (χ3v) is 8.19. The number of aliphatic hydroxyl groups is 3. The maximum atomic E-state index is 13.8. The van der Waals surface area contributed by atoms with Crippen LogP contribution in [0.15, 0.2) is 65.1 Å². The Morgan fingerprint density at radius 1 is 1.08 bits per heavy atom. The highest BCUT2D eigenvalue weighted by Crippen LogP contribution is 2.52. The van der Waals surface area contributed by atoms with Gasteiger partial charge in [0.05, 0.1) is 11.6 Å². The second-order valence-electron chi connectivity index (χ2n) is 10.6. The van der Waals surface area contributed by atoms with Gasteiger partial charge in [-0.15, -0.1) is 0 Å². The van der Waals surface area contributed by atoms with Gasteiger partial charge in [0.1, 0.15) is 22.8 Å². The van der Waals surface area contributed by atoms with E-state index in [1.54, 1.807) is 20.2 Å². The second kappa shape index (κ2) is 9.64. The summed E-state index contributed by atoms with van der Waals surface area (Å²) in [6, 6.07) is 11.9. The summed E-state index contributed by atoms with van der Waals surface area (Å²) in [7, 11) is 3.20. The number of rotatable bonds is 6. The molecular weight excluding hydrogens is 502 g/mol. The third kappa shape index (κ3) is 4.03. The molecule has 2 aromatic rings. The highest BCUT2D eigenvalue weighted by Gasteiger charge is 2.63. The second-order valence-corrected chi connectivity index (χ2v) is 10.6. The zero-order valence-corrected chi connectivity index (χ0v) is 21.6. The van der Waals surface area contributed by atoms with Gasteiger partial charge in [-0.3, -0.25) is 19.3 Å². The number of aliphatic hydroxyl groups excluding tert-OH is 2. The fourth-order valence-corrected chi connectivity index (χ4v) is 6.42. The number of benzene rings is 2. The van der Waals surface area contributed by atoms with Gasteiger partial charge < -0.3 is 31.5 Å². The van der Waals surface area contributed by atoms with E-state index in [0.717, 1.165) is 11.1 Å². The zero-order chi connectivity index (χ0) is 28.2. The van der Waals surface area contributed by atoms with Crippen molar-refractivity contribution >= 4 is 17.5 Å². The van der Waals surface area contributed by atoms with E-state index in [9.17, 15) is 34.8 Å². The first-order chi connectivity index (χ1) is 18.5. The number of hydrogen-bond acceptors (Lipinski definition) is 9. The van der Waals surface area contributed by atoms with Crippen molar-refractivity contribution in [3.05, 3.63) is 87.4 Å². The number of hydrogen-bond donors (Lipinski definition) is 6. The van der Waals surface area contributed by atoms with Crippen molar-refractivity contribution in [1.82, 2.24) is 10.2 Å². The molecule has 3 aliphatic carbocycles. The molecule has 7 N–H and O–H groups in total. The molecule has 10 heteroatoms. The Kier molecular flexibility index (Phi) is 6.58. The Bertz CT molecular complexity index is 1450. The molecule has 1 amide bonds. The molecule has 0 radical (unpaired) electrons. The summed E-state index contributed by atoms with van der Waals surface area (Å²) in [5, 5.41) is 47.9. The quantitative estimate of drug-likeness (QED) is 0.300. The van der Waals surface area contributed by atoms with Crippen LogP contribution >= 0.6 is 0 Å². The van der Waals surface area contributed by atoms with E-state index in [2.05, 4.69) is 5.32 Å². The maximum absolute atomic E-state index is 13.8. The predicted molar refractivity (Wildman–Crippen MR) is 141 cm³/mol. The van der Waals surface area contributed by atoms with Crippen LogP contribution in [0.3, 0.4) is 0 Å². The summed E-state index contributed by atoms with van der Waals surface area (Å²) < 4.78 is 0. The van der Waals surface area contributed by atoms with Gasteiger partial charge >= 0.3 is 0 Å². The monoisotopic (exact) mass is 533 g/mol. The minimum absolute atomic E-state index is 0.00907. The molecule has 0 saturated heterocycles. The SMILES string of the molecule is CN(C)[C@@H]1C(O)=C(C(N)=O)C(=O)[C@@]2(O)C(O)=C3C(=O)c4c(O)ccc(CNCc5ccccc5)c4C[C@H]3C[C@@H]12. The number of ketones is 2. The van der Waals surface area contributed by atoms with E-state index < -0.39 is 58.0 Å². The largest absolute Gasteiger partial charge is 0.510 e. The summed E-state index contributed by atoms with van der Waals surface area (Å²) in [5.41, 5.74) is 4.24. The lowest BCUT2D eigenvalue weighted by molar-refractivity contribution is -0.148. The standard InChI is InChI=1S/C29H31N3O7/c1-32(2)23-18-11-16-10-17-15(13-31-12-14-6-4-3-5-7-14)8-9-19(33)21(17)24(34)20(16)26(36)29(18,39)27(37)22(25(23)35)28(30)38/h3-9,16,18,23,31,33,35-36,39H,10-13H2,1-2H3,(H2,30,38)/t16-,18-,23-,29-/m0/s1. The average Bonchev–Trinajstić information content (AvgIpc) is 2.87. The number of fused-ring (bicyclic) bond motifs is 3. The molecule has 0 fully saturated rings. The van der Waals surface area contributed by atoms with E-state index in [4.69, 9.17) is 5.73 Å². The van der Waals surface area contributed by atoms with Crippen LogP contribution in [0.4, 0.5) is 0 Å². The lowest BCUT2D eigenvalue weighted by Gasteiger charge is -2.50. The molecule has 5 rings (SSSR count). The lowest BCUT2D eigenvalue weighted by atomic mass is 9.58. The molecular formula is C29H31N3O7. The number of carbonyl (C=O) groups excluding carboxylic acids is 3. The first-order valence-corrected chi connectivity index (χ1v) is 12.7. The molecule has 10 nitrogen and oxygen atoms in total. The number of allylic oxidation sites excluding steroid dienone is 1. The van der Waals surface area contributed by atoms with Crippen LogP contribution in [-0.4, -0.2) is 68.5 Å². The molecule has 3 aliphatic rings. The van der Waals surface area contributed by atoms with Gasteiger partial charge in [-0.25, -0.2) is 0 Å². The summed E-state index contributed by atoms with van der Waals surface area (Å²) >= 11 is 0. The Labute approximate surface area is 225 Å². The van der Waals surface area contributed by atoms with Crippen LogP contribution in [0.2, 0.25) is 0 Å². The van der Waals surface area contributed by atoms with Crippen molar-refractivity contribution < 1.29 is 34.8 Å². The highest BCUT2D eigenvalue weighted by atomic mass is 16.3. The van der Waals surface area contributed by atoms with Crippen molar-refractivity contribution in [1.29, 1.82) is 0 Å². The van der Waals surface area contributed by atoms with Gasteiger partial charge in [-0.05, 0) is 55.6 Å². The number of amides is 1. The zero-order valence-electron chi connectivity index (χ0n) is 21.6. The van der Waals surface area contributed by atoms with Crippen molar-refractivity contribution in [2.24, 2.45) is 17.6 Å². The van der Waals surface area contributed by atoms with Crippen LogP contribution < -0.4 is 11.1 Å². The van der Waals surface area contributed by atoms with Gasteiger partial charge in [0.15, 0.2) is 11.4 Å². The summed E-state index contributed by atoms with van der Waals surface area (Å²) in [6.45, 7) is 1.01. The number of nitrogens with two attached hydrogens (primary N) is 1. The number of primary amides is 1. The third-order valence-electron chi connectivity index (χ3n) is 8.19. The number of carbonyl (C=O) groups is 3. The summed E-state index contributed by atoms with van der Waals surface area (Å²) in [5.74, 6) is -6.58. The smallest absolute Gasteiger partial charge is 0.255 e. The van der Waals surface area contributed by atoms with Gasteiger partial charge in [0.25, 0.3) is 5.91 Å². The maximum Gasteiger partial charge on any atom is 0.255 e. The molecule has 0 aliphatic heterocycles. The summed E-state index contributed by atoms with van der Waals surface area (Å²) in [4.78, 5) is 40.7. The minimum Gasteiger partial charge on any atom is -0.510 e. The number of nitrogens with one attached hydrogen (secondary N) is 1. The lowest BCUT2D eigenvalue weighted by Crippen LogP contribution is -2.63. The molecule has 0 spiro atoms. The van der Waals surface area contributed by atoms with Crippen LogP contribution in [0.1, 0.15) is 33.5 Å². The number of phenols is 1. The first kappa shape index (κ1) is 26.6. The topological polar surface area (TPSA) is 173 Å². The first-order valence-electron chi connectivity index (χ1n) is 12.7. The van der Waals surface area contributed by atoms with E-state index in [1.165, 1.54) is 11.0 Å². The van der Waals surface area contributed by atoms with E-state index in [-0.39, 0.29) is 29.7 Å². The van der Waals surface area contributed by atoms with Crippen LogP contribution in [0.5, 0.6) is 5.75 Å². The van der Waals surface area contributed by atoms with E-state index in [0.29, 0.717) is 18.7 Å². The fourth-order valence-electron chi connectivity index (χ4n) is 6.42. The van der Waals surface area contributed by atoms with Crippen molar-refractivity contribution in [2.45, 2.75) is 37.6 Å². The normalized spacial score (nSPS) is 26.4. The Balaban J connectivity index is 1.57. The van der Waals surface area contributed by atoms with Gasteiger partial charge in [0.2, 0.25) is 5.78 Å². The van der Waals surface area contributed by atoms with Crippen LogP contribution in [0.25, 0.3) is 0 Å². The molecule has 0 unspecified atom stereocenters. The molecule has 0 heterocycles. The Morgan fingerprint density at radius 2 is 1.77 bits per heavy atom. The molecule has 2 aromatic carbocycles. The molecule has 4 atom stereocenters. The number of aromatic hydroxyl groups is 1. The van der Waals surface area contributed by atoms with Gasteiger partial charge in [0, 0.05) is 24.6 Å². The van der Waals surface area contributed by atoms with Crippen molar-refractivity contribution in [2.75, 3.05) is 14.1 Å². The molecule has 0 aromatic heterocycles. The molecule has 0 saturated carbocycles. The fraction of sp³-hybridized carbons (Fsp3) is 0.345. The molecule has 0 bridgehead atoms. The number of phenolic OH excluding ortho intramolecular Hbond substituents is 1. The van der Waals surface area contributed by atoms with Gasteiger partial charge in [-0.1, -0.05) is 36.4 Å². The predicted octanol–water partition coefficient (Wildman–Crippen LogP) is 1.41. The minimum atomic E-state index is -2.64. The Morgan fingerprint density at radius 3 is 2.41 bits per heavy atom. The van der Waals surface area contributed by atoms with Crippen molar-refractivity contribution in [3.63, 3.8) is 0 Å². The Hall–Kier alpha value is -3.99. The number of Topliss-reactive ketones (excluding diaryl/α,β-unsaturated/α-hetero) is 2.